The third-order valence-electron chi connectivity index (χ3n) is 3.04. The molecule has 2 nitrogen and oxygen atoms in total. The van der Waals surface area contributed by atoms with E-state index in [1.54, 1.807) is 0 Å². The zero-order valence-corrected chi connectivity index (χ0v) is 10.1. The molecule has 0 bridgehead atoms. The largest absolute Gasteiger partial charge is 0.300 e. The molecule has 0 N–H and O–H groups in total. The Morgan fingerprint density at radius 2 is 2.00 bits per heavy atom. The minimum absolute atomic E-state index is 0.562. The van der Waals surface area contributed by atoms with E-state index in [1.165, 1.54) is 10.9 Å². The molecule has 1 aromatic carbocycles. The van der Waals surface area contributed by atoms with E-state index in [4.69, 9.17) is 0 Å². The summed E-state index contributed by atoms with van der Waals surface area (Å²) < 4.78 is 0. The molecule has 16 heavy (non-hydrogen) atoms. The van der Waals surface area contributed by atoms with Crippen molar-refractivity contribution in [2.45, 2.75) is 26.4 Å². The number of hydrogen-bond acceptors (Lipinski definition) is 2. The summed E-state index contributed by atoms with van der Waals surface area (Å²) in [5.41, 5.74) is 2.43. The first kappa shape index (κ1) is 11.1. The van der Waals surface area contributed by atoms with Crippen molar-refractivity contribution in [3.8, 4) is 0 Å². The van der Waals surface area contributed by atoms with Crippen molar-refractivity contribution < 1.29 is 0 Å². The Bertz CT molecular complexity index is 472. The maximum atomic E-state index is 4.38. The van der Waals surface area contributed by atoms with Gasteiger partial charge in [0.25, 0.3) is 0 Å². The summed E-state index contributed by atoms with van der Waals surface area (Å²) in [4.78, 5) is 6.71. The fourth-order valence-electron chi connectivity index (χ4n) is 1.76. The lowest BCUT2D eigenvalue weighted by Crippen LogP contribution is -2.25. The minimum Gasteiger partial charge on any atom is -0.300 e. The van der Waals surface area contributed by atoms with E-state index < -0.39 is 0 Å². The van der Waals surface area contributed by atoms with E-state index in [0.29, 0.717) is 6.04 Å². The van der Waals surface area contributed by atoms with Crippen LogP contribution in [0.4, 0.5) is 0 Å². The van der Waals surface area contributed by atoms with Gasteiger partial charge >= 0.3 is 0 Å². The Kier molecular flexibility index (Phi) is 3.20. The first-order valence-electron chi connectivity index (χ1n) is 5.71. The van der Waals surface area contributed by atoms with E-state index in [0.717, 1.165) is 12.1 Å². The van der Waals surface area contributed by atoms with Gasteiger partial charge in [-0.2, -0.15) is 0 Å². The van der Waals surface area contributed by atoms with Gasteiger partial charge in [0, 0.05) is 24.2 Å². The van der Waals surface area contributed by atoms with Crippen molar-refractivity contribution in [2.75, 3.05) is 7.05 Å². The van der Waals surface area contributed by atoms with Crippen molar-refractivity contribution in [2.24, 2.45) is 0 Å². The molecule has 0 amide bonds. The maximum Gasteiger partial charge on any atom is 0.0705 e. The van der Waals surface area contributed by atoms with Crippen molar-refractivity contribution in [3.05, 3.63) is 42.1 Å². The van der Waals surface area contributed by atoms with Crippen LogP contribution in [0.15, 0.2) is 36.5 Å². The van der Waals surface area contributed by atoms with E-state index in [1.807, 2.05) is 12.3 Å². The molecule has 84 valence electrons. The van der Waals surface area contributed by atoms with Gasteiger partial charge in [-0.1, -0.05) is 18.2 Å². The average molecular weight is 214 g/mol. The van der Waals surface area contributed by atoms with Gasteiger partial charge in [0.05, 0.1) is 5.52 Å². The highest BCUT2D eigenvalue weighted by Crippen LogP contribution is 2.18. The number of hydrogen-bond donors (Lipinski definition) is 0. The Morgan fingerprint density at radius 1 is 1.19 bits per heavy atom. The number of pyridine rings is 1. The number of benzene rings is 1. The molecule has 1 aromatic heterocycles. The highest BCUT2D eigenvalue weighted by atomic mass is 15.1. The zero-order valence-electron chi connectivity index (χ0n) is 10.1. The third-order valence-corrected chi connectivity index (χ3v) is 3.04. The lowest BCUT2D eigenvalue weighted by molar-refractivity contribution is 0.267. The van der Waals surface area contributed by atoms with Gasteiger partial charge < -0.3 is 0 Å². The molecular weight excluding hydrogens is 196 g/mol. The summed E-state index contributed by atoms with van der Waals surface area (Å²) in [6.07, 6.45) is 1.85. The Balaban J connectivity index is 2.37. The summed E-state index contributed by atoms with van der Waals surface area (Å²) in [6.45, 7) is 5.40. The topological polar surface area (TPSA) is 16.1 Å². The molecule has 0 radical (unpaired) electrons. The van der Waals surface area contributed by atoms with Gasteiger partial charge in [-0.15, -0.1) is 0 Å². The molecule has 2 aromatic rings. The van der Waals surface area contributed by atoms with E-state index in [9.17, 15) is 0 Å². The lowest BCUT2D eigenvalue weighted by atomic mass is 10.1. The SMILES string of the molecule is CC(C)N(C)Cc1cccc2ncccc12. The van der Waals surface area contributed by atoms with Crippen molar-refractivity contribution in [3.63, 3.8) is 0 Å². The predicted octanol–water partition coefficient (Wildman–Crippen LogP) is 3.08. The predicted molar refractivity (Wildman–Crippen MR) is 68.3 cm³/mol. The maximum absolute atomic E-state index is 4.38. The summed E-state index contributed by atoms with van der Waals surface area (Å²) >= 11 is 0. The molecule has 2 heteroatoms. The molecule has 0 atom stereocenters. The molecule has 0 aliphatic heterocycles. The molecule has 0 aliphatic rings. The van der Waals surface area contributed by atoms with Crippen LogP contribution in [0.5, 0.6) is 0 Å². The van der Waals surface area contributed by atoms with Crippen LogP contribution in [0, 0.1) is 0 Å². The molecule has 0 saturated carbocycles. The first-order chi connectivity index (χ1) is 7.68. The molecule has 0 spiro atoms. The number of fused-ring (bicyclic) bond motifs is 1. The summed E-state index contributed by atoms with van der Waals surface area (Å²) in [5, 5.41) is 1.26. The van der Waals surface area contributed by atoms with Gasteiger partial charge in [0.2, 0.25) is 0 Å². The molecule has 2 rings (SSSR count). The second-order valence-corrected chi connectivity index (χ2v) is 4.50. The van der Waals surface area contributed by atoms with Gasteiger partial charge in [-0.05, 0) is 38.6 Å². The van der Waals surface area contributed by atoms with Crippen LogP contribution in [-0.4, -0.2) is 23.0 Å². The van der Waals surface area contributed by atoms with Crippen LogP contribution in [0.3, 0.4) is 0 Å². The highest BCUT2D eigenvalue weighted by Gasteiger charge is 2.06. The van der Waals surface area contributed by atoms with Gasteiger partial charge in [0.1, 0.15) is 0 Å². The van der Waals surface area contributed by atoms with Gasteiger partial charge in [0.15, 0.2) is 0 Å². The zero-order chi connectivity index (χ0) is 11.5. The molecule has 0 aliphatic carbocycles. The fraction of sp³-hybridized carbons (Fsp3) is 0.357. The van der Waals surface area contributed by atoms with Gasteiger partial charge in [-0.3, -0.25) is 9.88 Å². The van der Waals surface area contributed by atoms with Crippen molar-refractivity contribution in [1.82, 2.24) is 9.88 Å². The Morgan fingerprint density at radius 3 is 2.75 bits per heavy atom. The second kappa shape index (κ2) is 4.62. The smallest absolute Gasteiger partial charge is 0.0705 e. The normalized spacial score (nSPS) is 11.6. The molecule has 0 unspecified atom stereocenters. The Labute approximate surface area is 96.9 Å². The van der Waals surface area contributed by atoms with E-state index in [-0.39, 0.29) is 0 Å². The van der Waals surface area contributed by atoms with Crippen LogP contribution in [0.1, 0.15) is 19.4 Å². The minimum atomic E-state index is 0.562. The lowest BCUT2D eigenvalue weighted by Gasteiger charge is -2.21. The number of rotatable bonds is 3. The number of nitrogens with zero attached hydrogens (tertiary/aromatic N) is 2. The van der Waals surface area contributed by atoms with E-state index >= 15 is 0 Å². The average Bonchev–Trinajstić information content (AvgIpc) is 2.29. The monoisotopic (exact) mass is 214 g/mol. The van der Waals surface area contributed by atoms with Gasteiger partial charge in [-0.25, -0.2) is 0 Å². The van der Waals surface area contributed by atoms with Crippen LogP contribution in [0.2, 0.25) is 0 Å². The van der Waals surface area contributed by atoms with Crippen LogP contribution >= 0.6 is 0 Å². The molecular formula is C14H18N2. The number of aromatic nitrogens is 1. The highest BCUT2D eigenvalue weighted by molar-refractivity contribution is 5.81. The van der Waals surface area contributed by atoms with Crippen molar-refractivity contribution >= 4 is 10.9 Å². The van der Waals surface area contributed by atoms with Crippen LogP contribution < -0.4 is 0 Å². The Hall–Kier alpha value is -1.41. The summed E-state index contributed by atoms with van der Waals surface area (Å²) in [7, 11) is 2.15. The third kappa shape index (κ3) is 2.22. The standard InChI is InChI=1S/C14H18N2/c1-11(2)16(3)10-12-6-4-8-14-13(12)7-5-9-15-14/h4-9,11H,10H2,1-3H3. The molecule has 0 saturated heterocycles. The summed E-state index contributed by atoms with van der Waals surface area (Å²) in [5.74, 6) is 0. The van der Waals surface area contributed by atoms with Crippen molar-refractivity contribution in [1.29, 1.82) is 0 Å². The van der Waals surface area contributed by atoms with Crippen LogP contribution in [0.25, 0.3) is 10.9 Å². The molecule has 1 heterocycles. The van der Waals surface area contributed by atoms with Crippen LogP contribution in [-0.2, 0) is 6.54 Å². The molecule has 0 fully saturated rings. The first-order valence-corrected chi connectivity index (χ1v) is 5.71. The fourth-order valence-corrected chi connectivity index (χ4v) is 1.76. The quantitative estimate of drug-likeness (QED) is 0.780. The summed E-state index contributed by atoms with van der Waals surface area (Å²) in [6, 6.07) is 11.0. The second-order valence-electron chi connectivity index (χ2n) is 4.50. The van der Waals surface area contributed by atoms with E-state index in [2.05, 4.69) is 55.0 Å².